The molecule has 0 aromatic rings. The Bertz CT molecular complexity index is 622. The van der Waals surface area contributed by atoms with Crippen molar-refractivity contribution in [3.8, 4) is 0 Å². The molecule has 28 heavy (non-hydrogen) atoms. The summed E-state index contributed by atoms with van der Waals surface area (Å²) in [7, 11) is 0. The fourth-order valence-corrected chi connectivity index (χ4v) is 4.60. The topological polar surface area (TPSA) is 74.8 Å². The summed E-state index contributed by atoms with van der Waals surface area (Å²) in [5.41, 5.74) is -0.115. The van der Waals surface area contributed by atoms with Gasteiger partial charge in [0.2, 0.25) is 23.6 Å². The van der Waals surface area contributed by atoms with Gasteiger partial charge in [-0.3, -0.25) is 29.0 Å². The number of thioether (sulfide) groups is 1. The van der Waals surface area contributed by atoms with Crippen LogP contribution in [-0.4, -0.2) is 56.0 Å². The van der Waals surface area contributed by atoms with Gasteiger partial charge in [0.1, 0.15) is 0 Å². The van der Waals surface area contributed by atoms with Gasteiger partial charge in [-0.2, -0.15) is 0 Å². The maximum atomic E-state index is 11.9. The standard InChI is InChI=1S/C11H19NO2.C10H17NO2S/c1-7(2)12-9(13)6-8(10(12)14)11(3,4)5;1-6(2)11-9(12)5-8(10(11)13)14-7(3)4/h7-8H,6H2,1-5H3;6-8H,5H2,1-4H3. The zero-order chi connectivity index (χ0) is 22.0. The number of likely N-dealkylation sites (tertiary alicyclic amines) is 2. The highest BCUT2D eigenvalue weighted by Gasteiger charge is 2.45. The van der Waals surface area contributed by atoms with Crippen molar-refractivity contribution in [2.24, 2.45) is 11.3 Å². The van der Waals surface area contributed by atoms with Gasteiger partial charge < -0.3 is 0 Å². The van der Waals surface area contributed by atoms with Crippen molar-refractivity contribution in [1.82, 2.24) is 9.80 Å². The molecule has 2 rings (SSSR count). The lowest BCUT2D eigenvalue weighted by atomic mass is 9.80. The smallest absolute Gasteiger partial charge is 0.243 e. The molecule has 0 aromatic carbocycles. The predicted molar refractivity (Wildman–Crippen MR) is 113 cm³/mol. The molecule has 0 radical (unpaired) electrons. The fourth-order valence-electron chi connectivity index (χ4n) is 3.47. The van der Waals surface area contributed by atoms with Gasteiger partial charge in [-0.05, 0) is 38.4 Å². The number of amides is 4. The van der Waals surface area contributed by atoms with Crippen molar-refractivity contribution in [3.05, 3.63) is 0 Å². The molecule has 2 unspecified atom stereocenters. The van der Waals surface area contributed by atoms with E-state index >= 15 is 0 Å². The molecule has 160 valence electrons. The Morgan fingerprint density at radius 1 is 0.786 bits per heavy atom. The molecule has 2 fully saturated rings. The summed E-state index contributed by atoms with van der Waals surface area (Å²) >= 11 is 1.58. The molecule has 2 aliphatic rings. The quantitative estimate of drug-likeness (QED) is 0.661. The van der Waals surface area contributed by atoms with Crippen molar-refractivity contribution < 1.29 is 19.2 Å². The number of hydrogen-bond donors (Lipinski definition) is 0. The summed E-state index contributed by atoms with van der Waals surface area (Å²) in [5.74, 6) is -0.202. The minimum absolute atomic E-state index is 0.00231. The zero-order valence-electron chi connectivity index (χ0n) is 18.7. The maximum Gasteiger partial charge on any atom is 0.243 e. The molecule has 2 heterocycles. The van der Waals surface area contributed by atoms with Crippen LogP contribution in [0.15, 0.2) is 0 Å². The Morgan fingerprint density at radius 2 is 1.21 bits per heavy atom. The van der Waals surface area contributed by atoms with Crippen LogP contribution in [0.5, 0.6) is 0 Å². The highest BCUT2D eigenvalue weighted by Crippen LogP contribution is 2.36. The maximum absolute atomic E-state index is 11.9. The van der Waals surface area contributed by atoms with Gasteiger partial charge in [0.05, 0.1) is 11.2 Å². The summed E-state index contributed by atoms with van der Waals surface area (Å²) in [4.78, 5) is 49.6. The largest absolute Gasteiger partial charge is 0.280 e. The lowest BCUT2D eigenvalue weighted by Gasteiger charge is -2.26. The number of rotatable bonds is 4. The van der Waals surface area contributed by atoms with Gasteiger partial charge in [-0.1, -0.05) is 34.6 Å². The monoisotopic (exact) mass is 412 g/mol. The van der Waals surface area contributed by atoms with Crippen LogP contribution in [0.1, 0.15) is 75.2 Å². The van der Waals surface area contributed by atoms with E-state index in [4.69, 9.17) is 0 Å². The molecule has 2 atom stereocenters. The second kappa shape index (κ2) is 9.42. The summed E-state index contributed by atoms with van der Waals surface area (Å²) in [5, 5.41) is 0.244. The number of imide groups is 2. The number of hydrogen-bond acceptors (Lipinski definition) is 5. The van der Waals surface area contributed by atoms with Crippen LogP contribution in [0.4, 0.5) is 0 Å². The first-order chi connectivity index (χ1) is 12.7. The molecule has 0 bridgehead atoms. The molecule has 0 N–H and O–H groups in total. The van der Waals surface area contributed by atoms with Crippen LogP contribution < -0.4 is 0 Å². The van der Waals surface area contributed by atoms with Gasteiger partial charge in [0.15, 0.2) is 0 Å². The fraction of sp³-hybridized carbons (Fsp3) is 0.810. The van der Waals surface area contributed by atoms with Gasteiger partial charge in [0, 0.05) is 24.9 Å². The van der Waals surface area contributed by atoms with Crippen LogP contribution in [0.25, 0.3) is 0 Å². The summed E-state index contributed by atoms with van der Waals surface area (Å²) in [6, 6.07) is -0.0184. The van der Waals surface area contributed by atoms with Crippen LogP contribution in [0.2, 0.25) is 0 Å². The van der Waals surface area contributed by atoms with Crippen LogP contribution >= 0.6 is 11.8 Å². The Labute approximate surface area is 173 Å². The van der Waals surface area contributed by atoms with E-state index in [1.807, 2.05) is 62.3 Å². The third-order valence-electron chi connectivity index (χ3n) is 4.84. The minimum atomic E-state index is -0.148. The molecule has 0 spiro atoms. The minimum Gasteiger partial charge on any atom is -0.280 e. The number of nitrogens with zero attached hydrogens (tertiary/aromatic N) is 2. The molecule has 2 aliphatic heterocycles. The molecule has 4 amide bonds. The first kappa shape index (κ1) is 24.7. The first-order valence-corrected chi connectivity index (χ1v) is 11.0. The van der Waals surface area contributed by atoms with Crippen molar-refractivity contribution in [2.45, 2.75) is 97.7 Å². The predicted octanol–water partition coefficient (Wildman–Crippen LogP) is 3.48. The van der Waals surface area contributed by atoms with E-state index in [9.17, 15) is 19.2 Å². The number of carbonyl (C=O) groups excluding carboxylic acids is 4. The highest BCUT2D eigenvalue weighted by atomic mass is 32.2. The number of carbonyl (C=O) groups is 4. The van der Waals surface area contributed by atoms with E-state index in [-0.39, 0.29) is 52.3 Å². The molecule has 6 nitrogen and oxygen atoms in total. The lowest BCUT2D eigenvalue weighted by molar-refractivity contribution is -0.143. The Kier molecular flexibility index (Phi) is 8.30. The van der Waals surface area contributed by atoms with Crippen LogP contribution in [-0.2, 0) is 19.2 Å². The molecule has 0 aliphatic carbocycles. The zero-order valence-corrected chi connectivity index (χ0v) is 19.6. The summed E-state index contributed by atoms with van der Waals surface area (Å²) < 4.78 is 0. The van der Waals surface area contributed by atoms with Gasteiger partial charge in [-0.15, -0.1) is 11.8 Å². The van der Waals surface area contributed by atoms with Crippen molar-refractivity contribution >= 4 is 35.4 Å². The third kappa shape index (κ3) is 5.82. The Balaban J connectivity index is 0.000000280. The van der Waals surface area contributed by atoms with E-state index < -0.39 is 0 Å². The first-order valence-electron chi connectivity index (χ1n) is 10.1. The van der Waals surface area contributed by atoms with E-state index in [0.717, 1.165) is 0 Å². The van der Waals surface area contributed by atoms with Crippen molar-refractivity contribution in [3.63, 3.8) is 0 Å². The highest BCUT2D eigenvalue weighted by molar-refractivity contribution is 8.01. The Morgan fingerprint density at radius 3 is 1.50 bits per heavy atom. The third-order valence-corrected chi connectivity index (χ3v) is 6.08. The second-order valence-corrected chi connectivity index (χ2v) is 11.2. The van der Waals surface area contributed by atoms with E-state index in [2.05, 4.69) is 0 Å². The molecular weight excluding hydrogens is 376 g/mol. The average Bonchev–Trinajstić information content (AvgIpc) is 2.95. The van der Waals surface area contributed by atoms with Gasteiger partial charge in [-0.25, -0.2) is 0 Å². The SMILES string of the molecule is CC(C)N1C(=O)CC(C(C)(C)C)C1=O.CC(C)SC1CC(=O)N(C(C)C)C1=O. The van der Waals surface area contributed by atoms with Gasteiger partial charge >= 0.3 is 0 Å². The Hall–Kier alpha value is -1.37. The summed E-state index contributed by atoms with van der Waals surface area (Å²) in [6.45, 7) is 17.6. The van der Waals surface area contributed by atoms with Crippen LogP contribution in [0, 0.1) is 11.3 Å². The molecular formula is C21H36N2O4S. The molecule has 7 heteroatoms. The summed E-state index contributed by atoms with van der Waals surface area (Å²) in [6.07, 6.45) is 0.750. The normalized spacial score (nSPS) is 23.4. The molecule has 0 aromatic heterocycles. The van der Waals surface area contributed by atoms with Crippen LogP contribution in [0.3, 0.4) is 0 Å². The van der Waals surface area contributed by atoms with Crippen molar-refractivity contribution in [2.75, 3.05) is 0 Å². The average molecular weight is 413 g/mol. The molecule has 2 saturated heterocycles. The molecule has 0 saturated carbocycles. The van der Waals surface area contributed by atoms with Crippen molar-refractivity contribution in [1.29, 1.82) is 0 Å². The van der Waals surface area contributed by atoms with E-state index in [0.29, 0.717) is 18.1 Å². The second-order valence-electron chi connectivity index (χ2n) is 9.39. The van der Waals surface area contributed by atoms with Gasteiger partial charge in [0.25, 0.3) is 0 Å². The van der Waals surface area contributed by atoms with E-state index in [1.165, 1.54) is 9.80 Å². The van der Waals surface area contributed by atoms with E-state index in [1.54, 1.807) is 11.8 Å². The lowest BCUT2D eigenvalue weighted by Crippen LogP contribution is -2.38.